The molecular weight excluding hydrogens is 292 g/mol. The molecule has 1 aromatic rings. The molecular formula is C14H22N2O4S. The van der Waals surface area contributed by atoms with Crippen molar-refractivity contribution in [2.45, 2.75) is 44.4 Å². The van der Waals surface area contributed by atoms with E-state index in [1.165, 1.54) is 24.3 Å². The van der Waals surface area contributed by atoms with Crippen LogP contribution in [0.25, 0.3) is 0 Å². The van der Waals surface area contributed by atoms with E-state index in [0.717, 1.165) is 25.7 Å². The molecule has 0 aromatic heterocycles. The van der Waals surface area contributed by atoms with Crippen LogP contribution >= 0.6 is 0 Å². The lowest BCUT2D eigenvalue weighted by Crippen LogP contribution is -2.29. The predicted octanol–water partition coefficient (Wildman–Crippen LogP) is 3.09. The summed E-state index contributed by atoms with van der Waals surface area (Å²) in [5.74, 6) is 0.252. The van der Waals surface area contributed by atoms with Crippen LogP contribution in [0.2, 0.25) is 0 Å². The summed E-state index contributed by atoms with van der Waals surface area (Å²) in [5, 5.41) is 10.9. The van der Waals surface area contributed by atoms with Gasteiger partial charge in [-0.05, 0) is 18.4 Å². The Bertz CT molecular complexity index is 572. The molecule has 1 rings (SSSR count). The van der Waals surface area contributed by atoms with Crippen molar-refractivity contribution in [2.75, 3.05) is 6.54 Å². The van der Waals surface area contributed by atoms with Gasteiger partial charge >= 0.3 is 0 Å². The third-order valence-electron chi connectivity index (χ3n) is 3.46. The highest BCUT2D eigenvalue weighted by Gasteiger charge is 2.25. The summed E-state index contributed by atoms with van der Waals surface area (Å²) in [7, 11) is -3.86. The first kappa shape index (κ1) is 17.6. The summed E-state index contributed by atoms with van der Waals surface area (Å²) in [6.45, 7) is 4.41. The molecule has 1 atom stereocenters. The van der Waals surface area contributed by atoms with Gasteiger partial charge in [-0.2, -0.15) is 0 Å². The quantitative estimate of drug-likeness (QED) is 0.560. The molecule has 1 N–H and O–H groups in total. The van der Waals surface area contributed by atoms with Gasteiger partial charge in [-0.3, -0.25) is 10.1 Å². The molecule has 6 nitrogen and oxygen atoms in total. The van der Waals surface area contributed by atoms with Crippen LogP contribution in [-0.4, -0.2) is 19.9 Å². The van der Waals surface area contributed by atoms with Crippen molar-refractivity contribution in [1.82, 2.24) is 4.72 Å². The van der Waals surface area contributed by atoms with E-state index in [0.29, 0.717) is 6.54 Å². The molecule has 0 saturated heterocycles. The highest BCUT2D eigenvalue weighted by atomic mass is 32.2. The number of nitrogens with one attached hydrogen (secondary N) is 1. The minimum Gasteiger partial charge on any atom is -0.258 e. The highest BCUT2D eigenvalue weighted by molar-refractivity contribution is 7.89. The molecule has 0 amide bonds. The van der Waals surface area contributed by atoms with Gasteiger partial charge in [0.25, 0.3) is 5.69 Å². The molecule has 118 valence electrons. The van der Waals surface area contributed by atoms with Crippen molar-refractivity contribution < 1.29 is 13.3 Å². The van der Waals surface area contributed by atoms with Crippen LogP contribution < -0.4 is 4.72 Å². The fourth-order valence-corrected chi connectivity index (χ4v) is 3.37. The summed E-state index contributed by atoms with van der Waals surface area (Å²) in [6.07, 6.45) is 3.94. The number of unbranched alkanes of at least 4 members (excludes halogenated alkanes) is 1. The zero-order valence-electron chi connectivity index (χ0n) is 12.4. The second-order valence-corrected chi connectivity index (χ2v) is 6.73. The van der Waals surface area contributed by atoms with Gasteiger partial charge < -0.3 is 0 Å². The van der Waals surface area contributed by atoms with Gasteiger partial charge in [0.2, 0.25) is 10.0 Å². The lowest BCUT2D eigenvalue weighted by molar-refractivity contribution is -0.387. The number of hydrogen-bond donors (Lipinski definition) is 1. The molecule has 0 aliphatic rings. The van der Waals surface area contributed by atoms with Crippen molar-refractivity contribution in [3.8, 4) is 0 Å². The fourth-order valence-electron chi connectivity index (χ4n) is 2.08. The molecule has 0 saturated carbocycles. The first-order valence-electron chi connectivity index (χ1n) is 7.15. The van der Waals surface area contributed by atoms with E-state index in [4.69, 9.17) is 0 Å². The van der Waals surface area contributed by atoms with Crippen LogP contribution in [-0.2, 0) is 10.0 Å². The minimum atomic E-state index is -3.86. The van der Waals surface area contributed by atoms with Gasteiger partial charge in [0, 0.05) is 12.6 Å². The predicted molar refractivity (Wildman–Crippen MR) is 81.6 cm³/mol. The Hall–Kier alpha value is -1.47. The Balaban J connectivity index is 2.85. The van der Waals surface area contributed by atoms with Crippen LogP contribution in [0.3, 0.4) is 0 Å². The van der Waals surface area contributed by atoms with Gasteiger partial charge in [-0.15, -0.1) is 0 Å². The summed E-state index contributed by atoms with van der Waals surface area (Å²) < 4.78 is 27.0. The molecule has 21 heavy (non-hydrogen) atoms. The molecule has 0 heterocycles. The van der Waals surface area contributed by atoms with Crippen molar-refractivity contribution in [3.05, 3.63) is 34.4 Å². The third-order valence-corrected chi connectivity index (χ3v) is 4.93. The maximum absolute atomic E-state index is 12.2. The van der Waals surface area contributed by atoms with Crippen LogP contribution in [0.4, 0.5) is 5.69 Å². The Kier molecular flexibility index (Phi) is 6.77. The molecule has 0 aliphatic carbocycles. The van der Waals surface area contributed by atoms with Crippen molar-refractivity contribution in [2.24, 2.45) is 5.92 Å². The Morgan fingerprint density at radius 3 is 2.52 bits per heavy atom. The van der Waals surface area contributed by atoms with Gasteiger partial charge in [0.05, 0.1) is 4.92 Å². The molecule has 0 unspecified atom stereocenters. The largest absolute Gasteiger partial charge is 0.289 e. The number of nitro groups is 1. The SMILES string of the molecule is CCCC[C@@H](CC)CNS(=O)(=O)c1ccccc1[N+](=O)[O-]. The Morgan fingerprint density at radius 1 is 1.29 bits per heavy atom. The van der Waals surface area contributed by atoms with Crippen molar-refractivity contribution in [3.63, 3.8) is 0 Å². The standard InChI is InChI=1S/C14H22N2O4S/c1-3-5-8-12(4-2)11-15-21(19,20)14-10-7-6-9-13(14)16(17)18/h6-7,9-10,12,15H,3-5,8,11H2,1-2H3/t12-/m1/s1. The number of benzene rings is 1. The lowest BCUT2D eigenvalue weighted by Gasteiger charge is -2.15. The highest BCUT2D eigenvalue weighted by Crippen LogP contribution is 2.23. The summed E-state index contributed by atoms with van der Waals surface area (Å²) in [4.78, 5) is 9.96. The van der Waals surface area contributed by atoms with E-state index < -0.39 is 20.6 Å². The Labute approximate surface area is 125 Å². The van der Waals surface area contributed by atoms with Crippen LogP contribution in [0.5, 0.6) is 0 Å². The molecule has 0 bridgehead atoms. The number of para-hydroxylation sites is 1. The second-order valence-electron chi connectivity index (χ2n) is 4.99. The average Bonchev–Trinajstić information content (AvgIpc) is 2.47. The van der Waals surface area contributed by atoms with E-state index in [-0.39, 0.29) is 10.8 Å². The molecule has 0 spiro atoms. The maximum Gasteiger partial charge on any atom is 0.289 e. The first-order valence-corrected chi connectivity index (χ1v) is 8.63. The van der Waals surface area contributed by atoms with E-state index in [1.807, 2.05) is 6.92 Å². The van der Waals surface area contributed by atoms with Crippen LogP contribution in [0.1, 0.15) is 39.5 Å². The number of hydrogen-bond acceptors (Lipinski definition) is 4. The van der Waals surface area contributed by atoms with Gasteiger partial charge in [-0.1, -0.05) is 45.2 Å². The molecule has 0 fully saturated rings. The summed E-state index contributed by atoms with van der Waals surface area (Å²) in [5.41, 5.74) is -0.397. The van der Waals surface area contributed by atoms with Gasteiger partial charge in [-0.25, -0.2) is 13.1 Å². The average molecular weight is 314 g/mol. The summed E-state index contributed by atoms with van der Waals surface area (Å²) in [6, 6.07) is 5.39. The third kappa shape index (κ3) is 5.09. The molecule has 0 radical (unpaired) electrons. The monoisotopic (exact) mass is 314 g/mol. The summed E-state index contributed by atoms with van der Waals surface area (Å²) >= 11 is 0. The topological polar surface area (TPSA) is 89.3 Å². The minimum absolute atomic E-state index is 0.252. The number of nitrogens with zero attached hydrogens (tertiary/aromatic N) is 1. The van der Waals surface area contributed by atoms with Gasteiger partial charge in [0.15, 0.2) is 4.90 Å². The van der Waals surface area contributed by atoms with Crippen molar-refractivity contribution in [1.29, 1.82) is 0 Å². The normalized spacial score (nSPS) is 13.0. The van der Waals surface area contributed by atoms with Crippen LogP contribution in [0, 0.1) is 16.0 Å². The molecule has 1 aromatic carbocycles. The Morgan fingerprint density at radius 2 is 1.95 bits per heavy atom. The van der Waals surface area contributed by atoms with E-state index in [1.54, 1.807) is 0 Å². The van der Waals surface area contributed by atoms with Gasteiger partial charge in [0.1, 0.15) is 0 Å². The van der Waals surface area contributed by atoms with Crippen LogP contribution in [0.15, 0.2) is 29.2 Å². The van der Waals surface area contributed by atoms with E-state index in [2.05, 4.69) is 11.6 Å². The second kappa shape index (κ2) is 8.09. The van der Waals surface area contributed by atoms with E-state index >= 15 is 0 Å². The van der Waals surface area contributed by atoms with Crippen molar-refractivity contribution >= 4 is 15.7 Å². The smallest absolute Gasteiger partial charge is 0.258 e. The number of sulfonamides is 1. The number of rotatable bonds is 9. The first-order chi connectivity index (χ1) is 9.92. The van der Waals surface area contributed by atoms with E-state index in [9.17, 15) is 18.5 Å². The lowest BCUT2D eigenvalue weighted by atomic mass is 10.00. The number of nitro benzene ring substituents is 1. The zero-order valence-corrected chi connectivity index (χ0v) is 13.2. The molecule has 7 heteroatoms. The zero-order chi connectivity index (χ0) is 15.9. The maximum atomic E-state index is 12.2. The molecule has 0 aliphatic heterocycles. The fraction of sp³-hybridized carbons (Fsp3) is 0.571.